The number of rotatable bonds is 7. The van der Waals surface area contributed by atoms with Crippen LogP contribution in [0.15, 0.2) is 54.7 Å². The third kappa shape index (κ3) is 5.43. The Kier molecular flexibility index (Phi) is 5.80. The van der Waals surface area contributed by atoms with E-state index in [0.29, 0.717) is 12.5 Å². The number of hydrogen-bond donors (Lipinski definition) is 2. The molecule has 0 amide bonds. The van der Waals surface area contributed by atoms with Crippen LogP contribution in [0, 0.1) is 6.92 Å². The molecule has 2 aromatic heterocycles. The van der Waals surface area contributed by atoms with Crippen molar-refractivity contribution in [3.05, 3.63) is 76.7 Å². The molecule has 0 spiro atoms. The molecule has 0 bridgehead atoms. The van der Waals surface area contributed by atoms with Crippen molar-refractivity contribution in [3.8, 4) is 0 Å². The number of nitrogens with zero attached hydrogens (tertiary/aromatic N) is 3. The molecule has 0 aliphatic rings. The topological polar surface area (TPSA) is 62.7 Å². The first-order valence-electron chi connectivity index (χ1n) is 8.17. The van der Waals surface area contributed by atoms with E-state index in [-0.39, 0.29) is 0 Å². The maximum absolute atomic E-state index is 5.90. The molecule has 2 heterocycles. The molecule has 128 valence electrons. The number of aryl methyl sites for hydroxylation is 1. The largest absolute Gasteiger partial charge is 0.364 e. The molecule has 0 atom stereocenters. The van der Waals surface area contributed by atoms with Crippen molar-refractivity contribution in [2.75, 3.05) is 17.2 Å². The van der Waals surface area contributed by atoms with Gasteiger partial charge in [-0.2, -0.15) is 4.98 Å². The van der Waals surface area contributed by atoms with Gasteiger partial charge in [-0.25, -0.2) is 4.98 Å². The Bertz CT molecular complexity index is 806. The van der Waals surface area contributed by atoms with Crippen LogP contribution in [-0.4, -0.2) is 21.5 Å². The summed E-state index contributed by atoms with van der Waals surface area (Å²) < 4.78 is 0. The molecule has 2 N–H and O–H groups in total. The van der Waals surface area contributed by atoms with Crippen LogP contribution in [0.3, 0.4) is 0 Å². The van der Waals surface area contributed by atoms with Crippen LogP contribution in [0.2, 0.25) is 5.02 Å². The molecule has 3 aromatic rings. The summed E-state index contributed by atoms with van der Waals surface area (Å²) >= 11 is 5.90. The fourth-order valence-electron chi connectivity index (χ4n) is 2.39. The van der Waals surface area contributed by atoms with Crippen LogP contribution < -0.4 is 10.6 Å². The summed E-state index contributed by atoms with van der Waals surface area (Å²) in [4.78, 5) is 13.2. The molecule has 25 heavy (non-hydrogen) atoms. The Morgan fingerprint density at radius 3 is 2.60 bits per heavy atom. The van der Waals surface area contributed by atoms with Gasteiger partial charge >= 0.3 is 0 Å². The van der Waals surface area contributed by atoms with Gasteiger partial charge in [-0.15, -0.1) is 0 Å². The lowest BCUT2D eigenvalue weighted by atomic mass is 10.1. The maximum Gasteiger partial charge on any atom is 0.224 e. The second kappa shape index (κ2) is 8.44. The first kappa shape index (κ1) is 17.2. The molecular formula is C19H20ClN5. The summed E-state index contributed by atoms with van der Waals surface area (Å²) in [5.41, 5.74) is 3.10. The van der Waals surface area contributed by atoms with E-state index < -0.39 is 0 Å². The van der Waals surface area contributed by atoms with Gasteiger partial charge in [0.2, 0.25) is 5.95 Å². The molecule has 5 nitrogen and oxygen atoms in total. The highest BCUT2D eigenvalue weighted by Gasteiger charge is 2.03. The Hall–Kier alpha value is -2.66. The second-order valence-corrected chi connectivity index (χ2v) is 6.13. The summed E-state index contributed by atoms with van der Waals surface area (Å²) in [5.74, 6) is 1.41. The Labute approximate surface area is 152 Å². The lowest BCUT2D eigenvalue weighted by Crippen LogP contribution is -2.10. The van der Waals surface area contributed by atoms with Gasteiger partial charge in [0.15, 0.2) is 0 Å². The van der Waals surface area contributed by atoms with Crippen LogP contribution in [0.4, 0.5) is 11.8 Å². The number of anilines is 2. The van der Waals surface area contributed by atoms with Crippen molar-refractivity contribution in [2.24, 2.45) is 0 Å². The van der Waals surface area contributed by atoms with Crippen LogP contribution in [0.25, 0.3) is 0 Å². The van der Waals surface area contributed by atoms with E-state index in [4.69, 9.17) is 11.6 Å². The average molecular weight is 354 g/mol. The van der Waals surface area contributed by atoms with E-state index in [0.717, 1.165) is 35.2 Å². The van der Waals surface area contributed by atoms with E-state index in [9.17, 15) is 0 Å². The van der Waals surface area contributed by atoms with Gasteiger partial charge < -0.3 is 10.6 Å². The molecule has 0 aliphatic carbocycles. The van der Waals surface area contributed by atoms with Crippen LogP contribution in [0.5, 0.6) is 0 Å². The minimum absolute atomic E-state index is 0.623. The zero-order valence-corrected chi connectivity index (χ0v) is 14.8. The van der Waals surface area contributed by atoms with Gasteiger partial charge in [0.1, 0.15) is 5.82 Å². The number of aromatic nitrogens is 3. The normalized spacial score (nSPS) is 10.5. The maximum atomic E-state index is 5.90. The minimum Gasteiger partial charge on any atom is -0.364 e. The fraction of sp³-hybridized carbons (Fsp3) is 0.211. The summed E-state index contributed by atoms with van der Waals surface area (Å²) in [5, 5.41) is 7.32. The zero-order valence-electron chi connectivity index (χ0n) is 14.0. The van der Waals surface area contributed by atoms with Gasteiger partial charge in [-0.3, -0.25) is 4.98 Å². The number of hydrogen-bond acceptors (Lipinski definition) is 5. The monoisotopic (exact) mass is 353 g/mol. The number of halogens is 1. The third-order valence-electron chi connectivity index (χ3n) is 3.64. The Morgan fingerprint density at radius 1 is 1.00 bits per heavy atom. The summed E-state index contributed by atoms with van der Waals surface area (Å²) in [6.45, 7) is 3.34. The van der Waals surface area contributed by atoms with Gasteiger partial charge in [0, 0.05) is 29.5 Å². The molecule has 3 rings (SSSR count). The first-order valence-corrected chi connectivity index (χ1v) is 8.54. The average Bonchev–Trinajstić information content (AvgIpc) is 2.62. The predicted molar refractivity (Wildman–Crippen MR) is 102 cm³/mol. The van der Waals surface area contributed by atoms with Gasteiger partial charge in [0.05, 0.1) is 12.2 Å². The Morgan fingerprint density at radius 2 is 1.84 bits per heavy atom. The van der Waals surface area contributed by atoms with Crippen molar-refractivity contribution in [1.29, 1.82) is 0 Å². The number of pyridine rings is 1. The molecule has 0 radical (unpaired) electrons. The highest BCUT2D eigenvalue weighted by molar-refractivity contribution is 6.30. The van der Waals surface area contributed by atoms with Crippen molar-refractivity contribution in [1.82, 2.24) is 15.0 Å². The van der Waals surface area contributed by atoms with Gasteiger partial charge in [0.25, 0.3) is 0 Å². The first-order chi connectivity index (χ1) is 12.2. The summed E-state index contributed by atoms with van der Waals surface area (Å²) in [6, 6.07) is 15.6. The lowest BCUT2D eigenvalue weighted by molar-refractivity contribution is 0.964. The van der Waals surface area contributed by atoms with Gasteiger partial charge in [-0.05, 0) is 43.2 Å². The molecule has 6 heteroatoms. The van der Waals surface area contributed by atoms with Crippen LogP contribution >= 0.6 is 11.6 Å². The Balaban J connectivity index is 1.56. The lowest BCUT2D eigenvalue weighted by Gasteiger charge is -2.10. The second-order valence-electron chi connectivity index (χ2n) is 5.70. The van der Waals surface area contributed by atoms with Gasteiger partial charge in [-0.1, -0.05) is 29.8 Å². The van der Waals surface area contributed by atoms with Crippen molar-refractivity contribution in [2.45, 2.75) is 19.9 Å². The fourth-order valence-corrected chi connectivity index (χ4v) is 2.52. The van der Waals surface area contributed by atoms with Crippen LogP contribution in [-0.2, 0) is 13.0 Å². The molecule has 0 unspecified atom stereocenters. The van der Waals surface area contributed by atoms with Crippen molar-refractivity contribution in [3.63, 3.8) is 0 Å². The quantitative estimate of drug-likeness (QED) is 0.669. The minimum atomic E-state index is 0.623. The van der Waals surface area contributed by atoms with E-state index in [1.54, 1.807) is 6.20 Å². The standard InChI is InChI=1S/C19H20ClN5/c1-14-12-18(23-13-17-4-2-3-10-21-17)25-19(24-14)22-11-9-15-5-7-16(20)8-6-15/h2-8,10,12H,9,11,13H2,1H3,(H2,22,23,24,25). The molecule has 0 saturated heterocycles. The SMILES string of the molecule is Cc1cc(NCc2ccccn2)nc(NCCc2ccc(Cl)cc2)n1. The third-order valence-corrected chi connectivity index (χ3v) is 3.89. The van der Waals surface area contributed by atoms with E-state index in [1.807, 2.05) is 55.5 Å². The zero-order chi connectivity index (χ0) is 17.5. The van der Waals surface area contributed by atoms with Crippen LogP contribution in [0.1, 0.15) is 17.0 Å². The highest BCUT2D eigenvalue weighted by atomic mass is 35.5. The summed E-state index contributed by atoms with van der Waals surface area (Å²) in [6.07, 6.45) is 2.66. The summed E-state index contributed by atoms with van der Waals surface area (Å²) in [7, 11) is 0. The predicted octanol–water partition coefficient (Wildman–Crippen LogP) is 4.10. The highest BCUT2D eigenvalue weighted by Crippen LogP contribution is 2.12. The van der Waals surface area contributed by atoms with Crippen molar-refractivity contribution >= 4 is 23.4 Å². The number of benzene rings is 1. The molecule has 0 aliphatic heterocycles. The number of nitrogens with one attached hydrogen (secondary N) is 2. The van der Waals surface area contributed by atoms with E-state index in [2.05, 4.69) is 25.6 Å². The molecule has 0 saturated carbocycles. The molecule has 0 fully saturated rings. The van der Waals surface area contributed by atoms with E-state index in [1.165, 1.54) is 5.56 Å². The van der Waals surface area contributed by atoms with Crippen molar-refractivity contribution < 1.29 is 0 Å². The molecule has 1 aromatic carbocycles. The smallest absolute Gasteiger partial charge is 0.224 e. The molecular weight excluding hydrogens is 334 g/mol. The van der Waals surface area contributed by atoms with E-state index >= 15 is 0 Å².